The van der Waals surface area contributed by atoms with Crippen LogP contribution in [0.25, 0.3) is 0 Å². The molecule has 2 aromatic rings. The van der Waals surface area contributed by atoms with Gasteiger partial charge in [-0.25, -0.2) is 9.61 Å². The molecule has 0 aromatic carbocycles. The Morgan fingerprint density at radius 3 is 2.37 bits per heavy atom. The first-order valence-electron chi connectivity index (χ1n) is 13.8. The van der Waals surface area contributed by atoms with E-state index in [9.17, 15) is 14.4 Å². The molecule has 0 saturated heterocycles. The van der Waals surface area contributed by atoms with Crippen molar-refractivity contribution in [2.45, 2.75) is 105 Å². The fourth-order valence-corrected chi connectivity index (χ4v) is 4.35. The molecule has 0 radical (unpaired) electrons. The van der Waals surface area contributed by atoms with Gasteiger partial charge in [-0.15, -0.1) is 0 Å². The first-order chi connectivity index (χ1) is 17.9. The predicted octanol–water partition coefficient (Wildman–Crippen LogP) is 4.47. The van der Waals surface area contributed by atoms with Gasteiger partial charge in [0, 0.05) is 24.0 Å². The Balaban J connectivity index is 2.28. The molecule has 0 aliphatic carbocycles. The number of aromatic nitrogens is 4. The van der Waals surface area contributed by atoms with Gasteiger partial charge in [0.25, 0.3) is 5.56 Å². The number of carbonyl (C=O) groups excluding carboxylic acids is 2. The average Bonchev–Trinajstić information content (AvgIpc) is 3.26. The second kappa shape index (κ2) is 14.3. The zero-order chi connectivity index (χ0) is 28.5. The summed E-state index contributed by atoms with van der Waals surface area (Å²) in [6.45, 7) is 15.2. The highest BCUT2D eigenvalue weighted by Gasteiger charge is 2.29. The second-order valence-corrected chi connectivity index (χ2v) is 11.2. The standard InChI is InChI=1S/C28H46N6O4/c1-9-12-13-14-33(8)17-24(36)20(10-2)15-23(35)22(11-3)34-18-25(28(5,6)7)30-26(27(34)37)29-16-21-19(4)31-38-32-21/h18,20,22H,9-17H2,1-8H3,(H,29,30)/t20-,22?/m1/s1. The summed E-state index contributed by atoms with van der Waals surface area (Å²) in [5.74, 6) is -0.268. The molecular weight excluding hydrogens is 484 g/mol. The van der Waals surface area contributed by atoms with Crippen LogP contribution in [0, 0.1) is 12.8 Å². The summed E-state index contributed by atoms with van der Waals surface area (Å²) >= 11 is 0. The van der Waals surface area contributed by atoms with Crippen LogP contribution in [-0.4, -0.2) is 56.5 Å². The van der Waals surface area contributed by atoms with E-state index in [1.165, 1.54) is 4.57 Å². The van der Waals surface area contributed by atoms with Gasteiger partial charge < -0.3 is 9.88 Å². The fourth-order valence-electron chi connectivity index (χ4n) is 4.35. The van der Waals surface area contributed by atoms with Crippen molar-refractivity contribution in [3.05, 3.63) is 33.6 Å². The van der Waals surface area contributed by atoms with E-state index in [2.05, 4.69) is 27.5 Å². The van der Waals surface area contributed by atoms with E-state index in [-0.39, 0.29) is 47.2 Å². The summed E-state index contributed by atoms with van der Waals surface area (Å²) in [6.07, 6.45) is 6.13. The van der Waals surface area contributed by atoms with Crippen molar-refractivity contribution in [3.63, 3.8) is 0 Å². The molecule has 0 saturated carbocycles. The number of ketones is 2. The Bertz CT molecular complexity index is 1120. The van der Waals surface area contributed by atoms with Gasteiger partial charge in [-0.1, -0.05) is 64.7 Å². The number of hydrogen-bond acceptors (Lipinski definition) is 9. The molecule has 10 heteroatoms. The summed E-state index contributed by atoms with van der Waals surface area (Å²) in [6, 6.07) is -0.688. The summed E-state index contributed by atoms with van der Waals surface area (Å²) in [5, 5.41) is 10.7. The van der Waals surface area contributed by atoms with Crippen LogP contribution in [-0.2, 0) is 21.5 Å². The number of nitrogens with zero attached hydrogens (tertiary/aromatic N) is 5. The third-order valence-corrected chi connectivity index (χ3v) is 6.93. The van der Waals surface area contributed by atoms with Crippen LogP contribution < -0.4 is 10.9 Å². The first kappa shape index (κ1) is 31.3. The zero-order valence-electron chi connectivity index (χ0n) is 24.5. The van der Waals surface area contributed by atoms with Crippen LogP contribution in [0.4, 0.5) is 5.82 Å². The maximum absolute atomic E-state index is 13.6. The maximum atomic E-state index is 13.6. The average molecular weight is 531 g/mol. The van der Waals surface area contributed by atoms with Gasteiger partial charge in [-0.3, -0.25) is 19.3 Å². The number of carbonyl (C=O) groups is 2. The summed E-state index contributed by atoms with van der Waals surface area (Å²) in [5.41, 5.74) is 1.13. The lowest BCUT2D eigenvalue weighted by Crippen LogP contribution is -2.36. The highest BCUT2D eigenvalue weighted by Crippen LogP contribution is 2.24. The minimum atomic E-state index is -0.688. The number of Topliss-reactive ketones (excluding diaryl/α,β-unsaturated/α-hetero) is 2. The molecule has 0 bridgehead atoms. The Kier molecular flexibility index (Phi) is 11.8. The molecule has 0 aliphatic rings. The number of nitrogens with one attached hydrogen (secondary N) is 1. The number of anilines is 1. The largest absolute Gasteiger partial charge is 0.360 e. The van der Waals surface area contributed by atoms with Crippen LogP contribution in [0.1, 0.15) is 103 Å². The van der Waals surface area contributed by atoms with E-state index in [0.29, 0.717) is 36.5 Å². The van der Waals surface area contributed by atoms with Crippen LogP contribution >= 0.6 is 0 Å². The van der Waals surface area contributed by atoms with Crippen molar-refractivity contribution in [2.75, 3.05) is 25.5 Å². The normalized spacial score (nSPS) is 13.5. The molecule has 2 aromatic heterocycles. The lowest BCUT2D eigenvalue weighted by molar-refractivity contribution is -0.130. The molecule has 1 unspecified atom stereocenters. The van der Waals surface area contributed by atoms with E-state index >= 15 is 0 Å². The van der Waals surface area contributed by atoms with Crippen molar-refractivity contribution >= 4 is 17.4 Å². The summed E-state index contributed by atoms with van der Waals surface area (Å²) in [4.78, 5) is 46.7. The highest BCUT2D eigenvalue weighted by molar-refractivity contribution is 5.90. The molecule has 1 N–H and O–H groups in total. The molecule has 38 heavy (non-hydrogen) atoms. The number of unbranched alkanes of at least 4 members (excludes halogenated alkanes) is 2. The molecule has 0 aliphatic heterocycles. The highest BCUT2D eigenvalue weighted by atomic mass is 16.6. The lowest BCUT2D eigenvalue weighted by atomic mass is 9.90. The van der Waals surface area contributed by atoms with Crippen molar-refractivity contribution in [2.24, 2.45) is 5.92 Å². The van der Waals surface area contributed by atoms with E-state index in [0.717, 1.165) is 25.8 Å². The number of rotatable bonds is 16. The Labute approximate surface area is 226 Å². The van der Waals surface area contributed by atoms with Crippen molar-refractivity contribution in [1.82, 2.24) is 24.8 Å². The fraction of sp³-hybridized carbons (Fsp3) is 0.714. The first-order valence-corrected chi connectivity index (χ1v) is 13.8. The Hall–Kier alpha value is -2.88. The van der Waals surface area contributed by atoms with Crippen molar-refractivity contribution in [1.29, 1.82) is 0 Å². The molecular formula is C28H46N6O4. The molecule has 0 amide bonds. The van der Waals surface area contributed by atoms with Gasteiger partial charge in [0.15, 0.2) is 11.6 Å². The van der Waals surface area contributed by atoms with Gasteiger partial charge >= 0.3 is 0 Å². The Morgan fingerprint density at radius 2 is 1.82 bits per heavy atom. The molecule has 0 spiro atoms. The lowest BCUT2D eigenvalue weighted by Gasteiger charge is -2.25. The van der Waals surface area contributed by atoms with Gasteiger partial charge in [0.2, 0.25) is 0 Å². The molecule has 2 rings (SSSR count). The molecule has 2 atom stereocenters. The van der Waals surface area contributed by atoms with Crippen LogP contribution in [0.5, 0.6) is 0 Å². The second-order valence-electron chi connectivity index (χ2n) is 11.2. The van der Waals surface area contributed by atoms with E-state index < -0.39 is 6.04 Å². The van der Waals surface area contributed by atoms with Gasteiger partial charge in [0.1, 0.15) is 17.2 Å². The van der Waals surface area contributed by atoms with Gasteiger partial charge in [-0.2, -0.15) is 0 Å². The molecule has 2 heterocycles. The molecule has 212 valence electrons. The summed E-state index contributed by atoms with van der Waals surface area (Å²) in [7, 11) is 1.95. The van der Waals surface area contributed by atoms with Crippen LogP contribution in [0.15, 0.2) is 15.6 Å². The van der Waals surface area contributed by atoms with Gasteiger partial charge in [0.05, 0.1) is 24.8 Å². The minimum Gasteiger partial charge on any atom is -0.360 e. The van der Waals surface area contributed by atoms with Crippen molar-refractivity contribution in [3.8, 4) is 0 Å². The minimum absolute atomic E-state index is 0.0751. The SMILES string of the molecule is CCCCCN(C)CC(=O)[C@H](CC)CC(=O)C(CC)n1cc(C(C)(C)C)nc(NCc2nonc2C)c1=O. The zero-order valence-corrected chi connectivity index (χ0v) is 24.5. The van der Waals surface area contributed by atoms with Crippen molar-refractivity contribution < 1.29 is 14.2 Å². The Morgan fingerprint density at radius 1 is 1.11 bits per heavy atom. The van der Waals surface area contributed by atoms with E-state index in [4.69, 9.17) is 4.63 Å². The summed E-state index contributed by atoms with van der Waals surface area (Å²) < 4.78 is 6.24. The van der Waals surface area contributed by atoms with E-state index in [1.54, 1.807) is 13.1 Å². The third kappa shape index (κ3) is 8.58. The van der Waals surface area contributed by atoms with Crippen LogP contribution in [0.3, 0.4) is 0 Å². The number of likely N-dealkylation sites (N-methyl/N-ethyl adjacent to an activating group) is 1. The van der Waals surface area contributed by atoms with Gasteiger partial charge in [-0.05, 0) is 39.8 Å². The molecule has 0 fully saturated rings. The van der Waals surface area contributed by atoms with Crippen LogP contribution in [0.2, 0.25) is 0 Å². The quantitative estimate of drug-likeness (QED) is 0.313. The maximum Gasteiger partial charge on any atom is 0.293 e. The number of aryl methyl sites for hydroxylation is 1. The van der Waals surface area contributed by atoms with E-state index in [1.807, 2.05) is 46.6 Å². The monoisotopic (exact) mass is 530 g/mol. The third-order valence-electron chi connectivity index (χ3n) is 6.93. The number of hydrogen-bond donors (Lipinski definition) is 1. The smallest absolute Gasteiger partial charge is 0.293 e. The topological polar surface area (TPSA) is 123 Å². The predicted molar refractivity (Wildman–Crippen MR) is 148 cm³/mol. The molecule has 10 nitrogen and oxygen atoms in total.